The summed E-state index contributed by atoms with van der Waals surface area (Å²) in [6.07, 6.45) is 1.64. The number of benzene rings is 1. The van der Waals surface area contributed by atoms with E-state index in [9.17, 15) is 4.79 Å². The summed E-state index contributed by atoms with van der Waals surface area (Å²) in [5.41, 5.74) is 1.35. The predicted octanol–water partition coefficient (Wildman–Crippen LogP) is 3.28. The maximum atomic E-state index is 12.0. The number of carbonyl (C=O) groups excluding carboxylic acids is 1. The van der Waals surface area contributed by atoms with Gasteiger partial charge in [0.15, 0.2) is 0 Å². The molecular weight excluding hydrogens is 391 g/mol. The molecule has 0 fully saturated rings. The largest absolute Gasteiger partial charge is 0.481 e. The van der Waals surface area contributed by atoms with Gasteiger partial charge in [0.25, 0.3) is 5.91 Å². The van der Waals surface area contributed by atoms with Gasteiger partial charge >= 0.3 is 0 Å². The smallest absolute Gasteiger partial charge is 0.251 e. The van der Waals surface area contributed by atoms with Gasteiger partial charge in [-0.3, -0.25) is 4.79 Å². The lowest BCUT2D eigenvalue weighted by atomic mass is 10.2. The van der Waals surface area contributed by atoms with E-state index in [1.165, 1.54) is 0 Å². The number of nitrogens with one attached hydrogen (secondary N) is 1. The van der Waals surface area contributed by atoms with Gasteiger partial charge in [0.1, 0.15) is 0 Å². The van der Waals surface area contributed by atoms with Crippen LogP contribution in [-0.2, 0) is 6.54 Å². The summed E-state index contributed by atoms with van der Waals surface area (Å²) < 4.78 is 6.05. The summed E-state index contributed by atoms with van der Waals surface area (Å²) in [6.45, 7) is 0.347. The van der Waals surface area contributed by atoms with Gasteiger partial charge in [-0.15, -0.1) is 0 Å². The molecule has 2 rings (SSSR count). The van der Waals surface area contributed by atoms with Crippen LogP contribution < -0.4 is 10.1 Å². The molecule has 1 aromatic heterocycles. The van der Waals surface area contributed by atoms with Gasteiger partial charge < -0.3 is 10.1 Å². The van der Waals surface area contributed by atoms with Crippen molar-refractivity contribution in [3.8, 4) is 5.88 Å². The lowest BCUT2D eigenvalue weighted by Crippen LogP contribution is -2.23. The standard InChI is InChI=1S/C14H12ClIN2O2/c1-20-14-10(3-2-6-17-14)8-18-13(19)9-4-5-12(16)11(15)7-9/h2-7H,8H2,1H3,(H,18,19). The Morgan fingerprint density at radius 3 is 2.95 bits per heavy atom. The van der Waals surface area contributed by atoms with Crippen LogP contribution in [0.3, 0.4) is 0 Å². The van der Waals surface area contributed by atoms with E-state index in [-0.39, 0.29) is 5.91 Å². The highest BCUT2D eigenvalue weighted by Crippen LogP contribution is 2.20. The van der Waals surface area contributed by atoms with Crippen LogP contribution in [0.2, 0.25) is 5.02 Å². The Kier molecular flexibility index (Phi) is 5.19. The van der Waals surface area contributed by atoms with Gasteiger partial charge in [0, 0.05) is 27.4 Å². The lowest BCUT2D eigenvalue weighted by Gasteiger charge is -2.09. The summed E-state index contributed by atoms with van der Waals surface area (Å²) in [7, 11) is 1.55. The van der Waals surface area contributed by atoms with E-state index in [1.54, 1.807) is 31.5 Å². The van der Waals surface area contributed by atoms with Gasteiger partial charge in [0.2, 0.25) is 5.88 Å². The normalized spacial score (nSPS) is 10.2. The molecule has 0 unspecified atom stereocenters. The van der Waals surface area contributed by atoms with Crippen LogP contribution in [-0.4, -0.2) is 18.0 Å². The summed E-state index contributed by atoms with van der Waals surface area (Å²) >= 11 is 8.12. The predicted molar refractivity (Wildman–Crippen MR) is 86.1 cm³/mol. The van der Waals surface area contributed by atoms with Crippen LogP contribution in [0.5, 0.6) is 5.88 Å². The van der Waals surface area contributed by atoms with Crippen molar-refractivity contribution in [1.29, 1.82) is 0 Å². The molecule has 0 atom stereocenters. The molecule has 0 aliphatic carbocycles. The van der Waals surface area contributed by atoms with E-state index < -0.39 is 0 Å². The molecule has 0 saturated heterocycles. The number of ether oxygens (including phenoxy) is 1. The van der Waals surface area contributed by atoms with Crippen molar-refractivity contribution in [3.63, 3.8) is 0 Å². The fraction of sp³-hybridized carbons (Fsp3) is 0.143. The van der Waals surface area contributed by atoms with Crippen molar-refractivity contribution in [3.05, 3.63) is 56.2 Å². The van der Waals surface area contributed by atoms with E-state index in [2.05, 4.69) is 32.9 Å². The van der Waals surface area contributed by atoms with E-state index >= 15 is 0 Å². The van der Waals surface area contributed by atoms with Crippen molar-refractivity contribution >= 4 is 40.1 Å². The SMILES string of the molecule is COc1ncccc1CNC(=O)c1ccc(I)c(Cl)c1. The monoisotopic (exact) mass is 402 g/mol. The quantitative estimate of drug-likeness (QED) is 0.799. The molecule has 1 amide bonds. The molecule has 1 aromatic carbocycles. The molecule has 0 saturated carbocycles. The topological polar surface area (TPSA) is 51.2 Å². The first kappa shape index (κ1) is 15.1. The molecule has 4 nitrogen and oxygen atoms in total. The number of hydrogen-bond acceptors (Lipinski definition) is 3. The Balaban J connectivity index is 2.06. The fourth-order valence-corrected chi connectivity index (χ4v) is 2.17. The molecular formula is C14H12ClIN2O2. The average Bonchev–Trinajstić information content (AvgIpc) is 2.47. The highest BCUT2D eigenvalue weighted by molar-refractivity contribution is 14.1. The number of halogens is 2. The van der Waals surface area contributed by atoms with E-state index in [1.807, 2.05) is 12.1 Å². The zero-order chi connectivity index (χ0) is 14.5. The molecule has 104 valence electrons. The van der Waals surface area contributed by atoms with Crippen LogP contribution >= 0.6 is 34.2 Å². The minimum atomic E-state index is -0.186. The van der Waals surface area contributed by atoms with Gasteiger partial charge in [-0.25, -0.2) is 4.98 Å². The Labute approximate surface area is 135 Å². The van der Waals surface area contributed by atoms with Crippen molar-refractivity contribution in [2.45, 2.75) is 6.54 Å². The number of rotatable bonds is 4. The molecule has 0 radical (unpaired) electrons. The number of pyridine rings is 1. The van der Waals surface area contributed by atoms with Crippen LogP contribution in [0, 0.1) is 3.57 Å². The Morgan fingerprint density at radius 2 is 2.25 bits per heavy atom. The van der Waals surface area contributed by atoms with Gasteiger partial charge in [-0.05, 0) is 46.9 Å². The molecule has 20 heavy (non-hydrogen) atoms. The number of amides is 1. The zero-order valence-corrected chi connectivity index (χ0v) is 13.6. The number of hydrogen-bond donors (Lipinski definition) is 1. The van der Waals surface area contributed by atoms with Gasteiger partial charge in [-0.2, -0.15) is 0 Å². The highest BCUT2D eigenvalue weighted by Gasteiger charge is 2.09. The third-order valence-electron chi connectivity index (χ3n) is 2.66. The summed E-state index contributed by atoms with van der Waals surface area (Å²) in [4.78, 5) is 16.1. The first-order chi connectivity index (χ1) is 9.61. The maximum Gasteiger partial charge on any atom is 0.251 e. The van der Waals surface area contributed by atoms with Crippen molar-refractivity contribution in [1.82, 2.24) is 10.3 Å². The summed E-state index contributed by atoms with van der Waals surface area (Å²) in [6, 6.07) is 8.85. The van der Waals surface area contributed by atoms with Crippen molar-refractivity contribution < 1.29 is 9.53 Å². The van der Waals surface area contributed by atoms with E-state index in [0.717, 1.165) is 9.13 Å². The minimum absolute atomic E-state index is 0.186. The molecule has 0 bridgehead atoms. The molecule has 1 heterocycles. The first-order valence-electron chi connectivity index (χ1n) is 5.83. The second kappa shape index (κ2) is 6.90. The van der Waals surface area contributed by atoms with Gasteiger partial charge in [-0.1, -0.05) is 17.7 Å². The van der Waals surface area contributed by atoms with Gasteiger partial charge in [0.05, 0.1) is 12.1 Å². The maximum absolute atomic E-state index is 12.0. The third-order valence-corrected chi connectivity index (χ3v) is 4.24. The van der Waals surface area contributed by atoms with Crippen LogP contribution in [0.1, 0.15) is 15.9 Å². The molecule has 0 aliphatic rings. The second-order valence-electron chi connectivity index (χ2n) is 3.98. The van der Waals surface area contributed by atoms with E-state index in [0.29, 0.717) is 23.0 Å². The van der Waals surface area contributed by atoms with Crippen molar-refractivity contribution in [2.75, 3.05) is 7.11 Å². The fourth-order valence-electron chi connectivity index (χ4n) is 1.66. The molecule has 1 N–H and O–H groups in total. The zero-order valence-electron chi connectivity index (χ0n) is 10.7. The number of carbonyl (C=O) groups is 1. The lowest BCUT2D eigenvalue weighted by molar-refractivity contribution is 0.0950. The Hall–Kier alpha value is -1.34. The number of methoxy groups -OCH3 is 1. The summed E-state index contributed by atoms with van der Waals surface area (Å²) in [5.74, 6) is 0.322. The third kappa shape index (κ3) is 3.61. The van der Waals surface area contributed by atoms with Crippen molar-refractivity contribution in [2.24, 2.45) is 0 Å². The first-order valence-corrected chi connectivity index (χ1v) is 7.28. The highest BCUT2D eigenvalue weighted by atomic mass is 127. The van der Waals surface area contributed by atoms with Crippen LogP contribution in [0.25, 0.3) is 0 Å². The second-order valence-corrected chi connectivity index (χ2v) is 5.55. The number of nitrogens with zero attached hydrogens (tertiary/aromatic N) is 1. The summed E-state index contributed by atoms with van der Waals surface area (Å²) in [5, 5.41) is 3.38. The van der Waals surface area contributed by atoms with E-state index in [4.69, 9.17) is 16.3 Å². The molecule has 0 spiro atoms. The minimum Gasteiger partial charge on any atom is -0.481 e. The molecule has 2 aromatic rings. The van der Waals surface area contributed by atoms with Crippen LogP contribution in [0.4, 0.5) is 0 Å². The Morgan fingerprint density at radius 1 is 1.45 bits per heavy atom. The molecule has 6 heteroatoms. The molecule has 0 aliphatic heterocycles. The average molecular weight is 403 g/mol. The Bertz CT molecular complexity index is 634. The van der Waals surface area contributed by atoms with Crippen LogP contribution in [0.15, 0.2) is 36.5 Å². The number of aromatic nitrogens is 1.